The van der Waals surface area contributed by atoms with Crippen molar-refractivity contribution in [1.82, 2.24) is 0 Å². The number of anilines is 2. The van der Waals surface area contributed by atoms with E-state index in [4.69, 9.17) is 10.5 Å². The first-order valence-electron chi connectivity index (χ1n) is 10.1. The number of rotatable bonds is 8. The molecule has 0 radical (unpaired) electrons. The zero-order chi connectivity index (χ0) is 23.5. The molecule has 2 atom stereocenters. The van der Waals surface area contributed by atoms with Crippen molar-refractivity contribution in [2.45, 2.75) is 25.5 Å². The molecule has 0 aliphatic rings. The number of hydrogen-bond acceptors (Lipinski definition) is 6. The predicted molar refractivity (Wildman–Crippen MR) is 126 cm³/mol. The average molecular weight is 457 g/mol. The Morgan fingerprint density at radius 3 is 2.19 bits per heavy atom. The van der Waals surface area contributed by atoms with Crippen LogP contribution in [0.15, 0.2) is 66.7 Å². The van der Waals surface area contributed by atoms with Crippen LogP contribution in [0, 0.1) is 0 Å². The zero-order valence-corrected chi connectivity index (χ0v) is 19.1. The maximum absolute atomic E-state index is 13.1. The normalized spacial score (nSPS) is 13.4. The molecule has 7 nitrogen and oxygen atoms in total. The molecule has 0 aliphatic heterocycles. The number of methoxy groups -OCH3 is 1. The standard InChI is InChI=1S/C24H28N2O5S/c1-16(27)23-20(25)13-14-21(24(23)28)26(32(3,29)30)22(18-7-5-4-6-8-18)15-17-9-11-19(31-2)12-10-17/h4-14,16,22,27-28H,15,25H2,1-3H3. The van der Waals surface area contributed by atoms with Crippen LogP contribution in [-0.2, 0) is 16.4 Å². The lowest BCUT2D eigenvalue weighted by atomic mass is 9.97. The first-order valence-corrected chi connectivity index (χ1v) is 11.9. The molecule has 3 rings (SSSR count). The third-order valence-corrected chi connectivity index (χ3v) is 6.46. The summed E-state index contributed by atoms with van der Waals surface area (Å²) in [5.74, 6) is 0.337. The van der Waals surface area contributed by atoms with E-state index in [1.54, 1.807) is 7.11 Å². The smallest absolute Gasteiger partial charge is 0.232 e. The number of aliphatic hydroxyl groups is 1. The van der Waals surface area contributed by atoms with Gasteiger partial charge in [0.15, 0.2) is 0 Å². The number of phenolic OH excluding ortho intramolecular Hbond substituents is 1. The monoisotopic (exact) mass is 456 g/mol. The van der Waals surface area contributed by atoms with Gasteiger partial charge in [-0.15, -0.1) is 0 Å². The minimum atomic E-state index is -3.85. The molecule has 0 spiro atoms. The van der Waals surface area contributed by atoms with Gasteiger partial charge in [0.1, 0.15) is 11.5 Å². The minimum Gasteiger partial charge on any atom is -0.505 e. The molecule has 0 amide bonds. The molecule has 0 fully saturated rings. The fourth-order valence-corrected chi connectivity index (χ4v) is 4.97. The van der Waals surface area contributed by atoms with E-state index in [1.807, 2.05) is 54.6 Å². The van der Waals surface area contributed by atoms with Crippen LogP contribution in [0.3, 0.4) is 0 Å². The molecule has 0 saturated carbocycles. The lowest BCUT2D eigenvalue weighted by Gasteiger charge is -2.33. The fourth-order valence-electron chi connectivity index (χ4n) is 3.80. The van der Waals surface area contributed by atoms with Crippen LogP contribution in [0.4, 0.5) is 11.4 Å². The summed E-state index contributed by atoms with van der Waals surface area (Å²) < 4.78 is 32.5. The van der Waals surface area contributed by atoms with Gasteiger partial charge in [0.05, 0.1) is 31.2 Å². The molecular formula is C24H28N2O5S. The molecule has 170 valence electrons. The van der Waals surface area contributed by atoms with E-state index in [-0.39, 0.29) is 22.7 Å². The summed E-state index contributed by atoms with van der Waals surface area (Å²) in [6, 6.07) is 18.9. The Labute approximate surface area is 188 Å². The molecule has 3 aromatic carbocycles. The number of aromatic hydroxyl groups is 1. The number of ether oxygens (including phenoxy) is 1. The predicted octanol–water partition coefficient (Wildman–Crippen LogP) is 3.79. The van der Waals surface area contributed by atoms with Crippen LogP contribution in [-0.4, -0.2) is 32.0 Å². The third-order valence-electron chi connectivity index (χ3n) is 5.30. The highest BCUT2D eigenvalue weighted by Gasteiger charge is 2.32. The van der Waals surface area contributed by atoms with E-state index in [9.17, 15) is 18.6 Å². The summed E-state index contributed by atoms with van der Waals surface area (Å²) in [4.78, 5) is 0. The average Bonchev–Trinajstić information content (AvgIpc) is 2.75. The van der Waals surface area contributed by atoms with Crippen LogP contribution in [0.5, 0.6) is 11.5 Å². The fraction of sp³-hybridized carbons (Fsp3) is 0.250. The summed E-state index contributed by atoms with van der Waals surface area (Å²) in [6.45, 7) is 1.46. The number of nitrogens with two attached hydrogens (primary N) is 1. The molecule has 2 unspecified atom stereocenters. The SMILES string of the molecule is COc1ccc(CC(c2ccccc2)N(c2ccc(N)c(C(C)O)c2O)S(C)(=O)=O)cc1. The van der Waals surface area contributed by atoms with Gasteiger partial charge in [-0.25, -0.2) is 8.42 Å². The maximum Gasteiger partial charge on any atom is 0.232 e. The molecular weight excluding hydrogens is 428 g/mol. The van der Waals surface area contributed by atoms with E-state index in [0.29, 0.717) is 12.2 Å². The lowest BCUT2D eigenvalue weighted by molar-refractivity contribution is 0.196. The number of nitrogen functional groups attached to an aromatic ring is 1. The van der Waals surface area contributed by atoms with Crippen molar-refractivity contribution in [3.05, 3.63) is 83.4 Å². The second kappa shape index (κ2) is 9.50. The first kappa shape index (κ1) is 23.4. The quantitative estimate of drug-likeness (QED) is 0.445. The molecule has 0 aliphatic carbocycles. The Hall–Kier alpha value is -3.23. The van der Waals surface area contributed by atoms with Gasteiger partial charge < -0.3 is 20.7 Å². The van der Waals surface area contributed by atoms with Crippen LogP contribution in [0.25, 0.3) is 0 Å². The van der Waals surface area contributed by atoms with Gasteiger partial charge in [-0.3, -0.25) is 4.31 Å². The Morgan fingerprint density at radius 2 is 1.66 bits per heavy atom. The van der Waals surface area contributed by atoms with Crippen molar-refractivity contribution in [3.8, 4) is 11.5 Å². The van der Waals surface area contributed by atoms with Crippen molar-refractivity contribution in [3.63, 3.8) is 0 Å². The first-order chi connectivity index (χ1) is 15.1. The molecule has 8 heteroatoms. The van der Waals surface area contributed by atoms with Crippen molar-refractivity contribution in [1.29, 1.82) is 0 Å². The number of sulfonamides is 1. The van der Waals surface area contributed by atoms with Crippen LogP contribution in [0.2, 0.25) is 0 Å². The van der Waals surface area contributed by atoms with Crippen molar-refractivity contribution >= 4 is 21.4 Å². The van der Waals surface area contributed by atoms with Crippen molar-refractivity contribution in [2.24, 2.45) is 0 Å². The Bertz CT molecular complexity index is 1160. The van der Waals surface area contributed by atoms with Gasteiger partial charge in [0.25, 0.3) is 0 Å². The van der Waals surface area contributed by atoms with Crippen LogP contribution < -0.4 is 14.8 Å². The van der Waals surface area contributed by atoms with E-state index in [1.165, 1.54) is 23.4 Å². The highest BCUT2D eigenvalue weighted by atomic mass is 32.2. The second-order valence-electron chi connectivity index (χ2n) is 7.65. The van der Waals surface area contributed by atoms with Crippen molar-refractivity contribution < 1.29 is 23.4 Å². The van der Waals surface area contributed by atoms with Gasteiger partial charge in [-0.2, -0.15) is 0 Å². The number of benzene rings is 3. The number of aliphatic hydroxyl groups excluding tert-OH is 1. The Balaban J connectivity index is 2.19. The zero-order valence-electron chi connectivity index (χ0n) is 18.3. The van der Waals surface area contributed by atoms with E-state index < -0.39 is 22.2 Å². The molecule has 0 aromatic heterocycles. The van der Waals surface area contributed by atoms with E-state index in [2.05, 4.69) is 0 Å². The summed E-state index contributed by atoms with van der Waals surface area (Å²) in [5, 5.41) is 21.1. The van der Waals surface area contributed by atoms with Gasteiger partial charge >= 0.3 is 0 Å². The maximum atomic E-state index is 13.1. The molecule has 3 aromatic rings. The molecule has 0 bridgehead atoms. The topological polar surface area (TPSA) is 113 Å². The minimum absolute atomic E-state index is 0.0555. The summed E-state index contributed by atoms with van der Waals surface area (Å²) in [6.07, 6.45) is 0.358. The van der Waals surface area contributed by atoms with Gasteiger partial charge in [-0.05, 0) is 48.7 Å². The lowest BCUT2D eigenvalue weighted by Crippen LogP contribution is -2.35. The summed E-state index contributed by atoms with van der Waals surface area (Å²) in [5.41, 5.74) is 7.91. The molecule has 0 saturated heterocycles. The van der Waals surface area contributed by atoms with Gasteiger partial charge in [0.2, 0.25) is 10.0 Å². The summed E-state index contributed by atoms with van der Waals surface area (Å²) >= 11 is 0. The molecule has 4 N–H and O–H groups in total. The summed E-state index contributed by atoms with van der Waals surface area (Å²) in [7, 11) is -2.27. The highest BCUT2D eigenvalue weighted by Crippen LogP contribution is 2.43. The highest BCUT2D eigenvalue weighted by molar-refractivity contribution is 7.92. The molecule has 32 heavy (non-hydrogen) atoms. The Kier molecular flexibility index (Phi) is 6.96. The van der Waals surface area contributed by atoms with Crippen LogP contribution >= 0.6 is 0 Å². The molecule has 0 heterocycles. The largest absolute Gasteiger partial charge is 0.505 e. The Morgan fingerprint density at radius 1 is 1.03 bits per heavy atom. The number of nitrogens with zero attached hydrogens (tertiary/aromatic N) is 1. The second-order valence-corrected chi connectivity index (χ2v) is 9.51. The van der Waals surface area contributed by atoms with Crippen molar-refractivity contribution in [2.75, 3.05) is 23.4 Å². The van der Waals surface area contributed by atoms with E-state index >= 15 is 0 Å². The van der Waals surface area contributed by atoms with E-state index in [0.717, 1.165) is 17.4 Å². The van der Waals surface area contributed by atoms with Gasteiger partial charge in [-0.1, -0.05) is 42.5 Å². The third kappa shape index (κ3) is 4.98. The van der Waals surface area contributed by atoms with Crippen LogP contribution in [0.1, 0.15) is 35.8 Å². The number of hydrogen-bond donors (Lipinski definition) is 3. The number of phenols is 1. The van der Waals surface area contributed by atoms with Gasteiger partial charge in [0, 0.05) is 11.3 Å².